The lowest BCUT2D eigenvalue weighted by Crippen LogP contribution is -2.51. The number of phosphoric ester groups is 1. The number of benzene rings is 2. The maximum atomic E-state index is 14.2. The molecule has 14 heteroatoms. The number of aromatic amines is 1. The smallest absolute Gasteiger partial charge is 0.373 e. The summed E-state index contributed by atoms with van der Waals surface area (Å²) in [4.78, 5) is 41.5. The molecule has 1 aliphatic rings. The molecule has 4 rings (SSSR count). The van der Waals surface area contributed by atoms with E-state index in [1.165, 1.54) is 10.8 Å². The van der Waals surface area contributed by atoms with Gasteiger partial charge >= 0.3 is 13.5 Å². The molecule has 0 bridgehead atoms. The van der Waals surface area contributed by atoms with Gasteiger partial charge in [-0.3, -0.25) is 32.7 Å². The molecule has 2 aromatic carbocycles. The van der Waals surface area contributed by atoms with Gasteiger partial charge in [0, 0.05) is 27.5 Å². The second kappa shape index (κ2) is 15.9. The number of carbonyl (C=O) groups is 1. The van der Waals surface area contributed by atoms with Crippen molar-refractivity contribution in [1.29, 1.82) is 0 Å². The SMILES string of the molecule is CCOP(=O)(OCC)O[C@H]1C[C@H](n2cc(C)c(=O)[nH]c2=O)O[C@@]1(COCc1ccccc1)C(=O)SCCc1ccccc1I. The van der Waals surface area contributed by atoms with Crippen molar-refractivity contribution in [2.24, 2.45) is 0 Å². The molecule has 0 radical (unpaired) electrons. The van der Waals surface area contributed by atoms with Crippen molar-refractivity contribution in [3.8, 4) is 0 Å². The van der Waals surface area contributed by atoms with Gasteiger partial charge in [0.1, 0.15) is 12.3 Å². The first kappa shape index (κ1) is 34.8. The fraction of sp³-hybridized carbons (Fsp3) is 0.433. The number of carbonyl (C=O) groups excluding carboxylic acids is 1. The number of phosphoric acid groups is 1. The Kier molecular flexibility index (Phi) is 12.6. The molecule has 1 N–H and O–H groups in total. The van der Waals surface area contributed by atoms with Crippen LogP contribution in [-0.4, -0.2) is 51.9 Å². The molecule has 1 fully saturated rings. The molecule has 238 valence electrons. The van der Waals surface area contributed by atoms with Crippen LogP contribution in [0.25, 0.3) is 0 Å². The number of hydrogen-bond acceptors (Lipinski definition) is 10. The quantitative estimate of drug-likeness (QED) is 0.159. The molecular formula is C30H36IN2O9PS. The van der Waals surface area contributed by atoms with Crippen LogP contribution in [0.5, 0.6) is 0 Å². The summed E-state index contributed by atoms with van der Waals surface area (Å²) >= 11 is 3.30. The van der Waals surface area contributed by atoms with Gasteiger partial charge in [0.2, 0.25) is 5.12 Å². The van der Waals surface area contributed by atoms with E-state index in [0.29, 0.717) is 12.2 Å². The lowest BCUT2D eigenvalue weighted by Gasteiger charge is -2.33. The summed E-state index contributed by atoms with van der Waals surface area (Å²) in [5.41, 5.74) is -0.823. The van der Waals surface area contributed by atoms with Gasteiger partial charge in [0.25, 0.3) is 5.56 Å². The molecule has 1 saturated heterocycles. The number of halogens is 1. The highest BCUT2D eigenvalue weighted by Gasteiger charge is 2.58. The third-order valence-electron chi connectivity index (χ3n) is 6.91. The van der Waals surface area contributed by atoms with Gasteiger partial charge in [-0.15, -0.1) is 0 Å². The van der Waals surface area contributed by atoms with Crippen LogP contribution >= 0.6 is 42.2 Å². The Hall–Kier alpha value is -2.10. The second-order valence-electron chi connectivity index (χ2n) is 10.0. The van der Waals surface area contributed by atoms with Gasteiger partial charge in [0.05, 0.1) is 26.4 Å². The molecule has 11 nitrogen and oxygen atoms in total. The summed E-state index contributed by atoms with van der Waals surface area (Å²) in [5.74, 6) is 0.423. The summed E-state index contributed by atoms with van der Waals surface area (Å²) in [5, 5.41) is -0.419. The lowest BCUT2D eigenvalue weighted by atomic mass is 9.99. The van der Waals surface area contributed by atoms with E-state index in [4.69, 9.17) is 23.0 Å². The Morgan fingerprint density at radius 3 is 2.48 bits per heavy atom. The molecular weight excluding hydrogens is 722 g/mol. The third-order valence-corrected chi connectivity index (χ3v) is 10.6. The number of aryl methyl sites for hydroxylation is 2. The second-order valence-corrected chi connectivity index (χ2v) is 13.9. The van der Waals surface area contributed by atoms with Crippen molar-refractivity contribution < 1.29 is 32.4 Å². The van der Waals surface area contributed by atoms with E-state index in [1.54, 1.807) is 20.8 Å². The number of thioether (sulfide) groups is 1. The van der Waals surface area contributed by atoms with E-state index >= 15 is 0 Å². The topological polar surface area (TPSA) is 135 Å². The zero-order chi connectivity index (χ0) is 31.7. The van der Waals surface area contributed by atoms with Crippen molar-refractivity contribution in [2.45, 2.75) is 58.2 Å². The summed E-state index contributed by atoms with van der Waals surface area (Å²) in [6.45, 7) is 4.80. The number of nitrogens with one attached hydrogen (secondary N) is 1. The van der Waals surface area contributed by atoms with Gasteiger partial charge in [-0.25, -0.2) is 9.36 Å². The van der Waals surface area contributed by atoms with Crippen LogP contribution < -0.4 is 11.2 Å². The van der Waals surface area contributed by atoms with Crippen molar-refractivity contribution in [2.75, 3.05) is 25.6 Å². The van der Waals surface area contributed by atoms with Crippen LogP contribution in [0.2, 0.25) is 0 Å². The Morgan fingerprint density at radius 2 is 1.80 bits per heavy atom. The predicted octanol–water partition coefficient (Wildman–Crippen LogP) is 5.39. The van der Waals surface area contributed by atoms with Gasteiger partial charge in [0.15, 0.2) is 5.60 Å². The monoisotopic (exact) mass is 758 g/mol. The molecule has 0 aliphatic carbocycles. The van der Waals surface area contributed by atoms with Crippen LogP contribution in [0.3, 0.4) is 0 Å². The molecule has 2 heterocycles. The van der Waals surface area contributed by atoms with Gasteiger partial charge in [-0.2, -0.15) is 0 Å². The fourth-order valence-corrected chi connectivity index (χ4v) is 7.79. The molecule has 3 atom stereocenters. The van der Waals surface area contributed by atoms with Gasteiger partial charge < -0.3 is 9.47 Å². The first-order chi connectivity index (χ1) is 21.1. The standard InChI is InChI=1S/C30H36IN2O9PS/c1-4-39-43(37,40-5-2)42-25-17-26(33-18-21(3)27(34)32-29(33)36)41-30(25,20-38-19-22-11-7-6-8-12-22)28(35)44-16-15-23-13-9-10-14-24(23)31/h6-14,18,25-26H,4-5,15-17,19-20H2,1-3H3,(H,32,34,36)/t25-,26+,30+/m0/s1. The van der Waals surface area contributed by atoms with Crippen LogP contribution in [0, 0.1) is 10.5 Å². The molecule has 1 aromatic heterocycles. The molecule has 1 aliphatic heterocycles. The summed E-state index contributed by atoms with van der Waals surface area (Å²) in [6, 6.07) is 17.3. The van der Waals surface area contributed by atoms with Crippen LogP contribution in [0.4, 0.5) is 0 Å². The third kappa shape index (κ3) is 8.58. The minimum atomic E-state index is -4.15. The number of ether oxygens (including phenoxy) is 2. The Morgan fingerprint density at radius 1 is 1.11 bits per heavy atom. The van der Waals surface area contributed by atoms with E-state index in [-0.39, 0.29) is 38.4 Å². The first-order valence-corrected chi connectivity index (χ1v) is 17.7. The molecule has 0 saturated carbocycles. The number of nitrogens with zero attached hydrogens (tertiary/aromatic N) is 1. The Balaban J connectivity index is 1.70. The lowest BCUT2D eigenvalue weighted by molar-refractivity contribution is -0.161. The van der Waals surface area contributed by atoms with E-state index in [0.717, 1.165) is 26.5 Å². The number of rotatable bonds is 15. The predicted molar refractivity (Wildman–Crippen MR) is 176 cm³/mol. The molecule has 0 spiro atoms. The minimum Gasteiger partial charge on any atom is -0.373 e. The van der Waals surface area contributed by atoms with E-state index in [2.05, 4.69) is 27.6 Å². The van der Waals surface area contributed by atoms with Crippen LogP contribution in [0.15, 0.2) is 70.4 Å². The van der Waals surface area contributed by atoms with E-state index in [9.17, 15) is 18.9 Å². The maximum absolute atomic E-state index is 14.2. The Bertz CT molecular complexity index is 1570. The highest BCUT2D eigenvalue weighted by atomic mass is 127. The fourth-order valence-electron chi connectivity index (χ4n) is 4.75. The maximum Gasteiger partial charge on any atom is 0.475 e. The van der Waals surface area contributed by atoms with Gasteiger partial charge in [-0.1, -0.05) is 60.3 Å². The van der Waals surface area contributed by atoms with Crippen LogP contribution in [-0.2, 0) is 45.4 Å². The highest BCUT2D eigenvalue weighted by molar-refractivity contribution is 14.1. The van der Waals surface area contributed by atoms with Crippen LogP contribution in [0.1, 0.15) is 43.2 Å². The van der Waals surface area contributed by atoms with Crippen molar-refractivity contribution in [3.63, 3.8) is 0 Å². The van der Waals surface area contributed by atoms with Gasteiger partial charge in [-0.05, 0) is 67.0 Å². The van der Waals surface area contributed by atoms with Crippen molar-refractivity contribution in [1.82, 2.24) is 9.55 Å². The number of hydrogen-bond donors (Lipinski definition) is 1. The Labute approximate surface area is 273 Å². The average molecular weight is 759 g/mol. The highest BCUT2D eigenvalue weighted by Crippen LogP contribution is 2.55. The number of aromatic nitrogens is 2. The van der Waals surface area contributed by atoms with E-state index in [1.807, 2.05) is 54.6 Å². The normalized spacial score (nSPS) is 20.2. The molecule has 0 amide bonds. The largest absolute Gasteiger partial charge is 0.475 e. The number of H-pyrrole nitrogens is 1. The molecule has 44 heavy (non-hydrogen) atoms. The summed E-state index contributed by atoms with van der Waals surface area (Å²) in [6.07, 6.45) is -0.348. The average Bonchev–Trinajstić information content (AvgIpc) is 3.34. The minimum absolute atomic E-state index is 0.0305. The van der Waals surface area contributed by atoms with Crippen molar-refractivity contribution >= 4 is 47.3 Å². The molecule has 3 aromatic rings. The zero-order valence-electron chi connectivity index (χ0n) is 24.7. The molecule has 0 unspecified atom stereocenters. The van der Waals surface area contributed by atoms with Crippen molar-refractivity contribution in [3.05, 3.63) is 102 Å². The first-order valence-electron chi connectivity index (χ1n) is 14.2. The van der Waals surface area contributed by atoms with E-state index < -0.39 is 42.1 Å². The summed E-state index contributed by atoms with van der Waals surface area (Å²) in [7, 11) is -4.15. The summed E-state index contributed by atoms with van der Waals surface area (Å²) < 4.78 is 45.3. The zero-order valence-corrected chi connectivity index (χ0v) is 28.6.